The minimum atomic E-state index is 0.584. The Morgan fingerprint density at radius 3 is 3.12 bits per heavy atom. The molecule has 1 aliphatic heterocycles. The summed E-state index contributed by atoms with van der Waals surface area (Å²) in [6.07, 6.45) is 2.94. The average molecular weight is 231 g/mol. The van der Waals surface area contributed by atoms with Crippen molar-refractivity contribution in [2.24, 2.45) is 0 Å². The van der Waals surface area contributed by atoms with Gasteiger partial charge in [0.1, 0.15) is 0 Å². The molecule has 3 rings (SSSR count). The Hall–Kier alpha value is -1.55. The molecular weight excluding hydrogens is 214 g/mol. The van der Waals surface area contributed by atoms with Crippen LogP contribution in [0.15, 0.2) is 12.3 Å². The Kier molecular flexibility index (Phi) is 2.33. The van der Waals surface area contributed by atoms with Crippen LogP contribution in [0.4, 0.5) is 0 Å². The van der Waals surface area contributed by atoms with Crippen molar-refractivity contribution in [3.8, 4) is 5.88 Å². The van der Waals surface area contributed by atoms with E-state index in [1.165, 1.54) is 16.6 Å². The lowest BCUT2D eigenvalue weighted by Crippen LogP contribution is -2.34. The van der Waals surface area contributed by atoms with E-state index in [4.69, 9.17) is 4.74 Å². The molecule has 0 amide bonds. The fraction of sp³-hybridized carbons (Fsp3) is 0.462. The largest absolute Gasteiger partial charge is 0.481 e. The van der Waals surface area contributed by atoms with E-state index in [-0.39, 0.29) is 0 Å². The summed E-state index contributed by atoms with van der Waals surface area (Å²) in [7, 11) is 3.82. The minimum absolute atomic E-state index is 0.584. The maximum atomic E-state index is 5.20. The third-order valence-corrected chi connectivity index (χ3v) is 3.72. The van der Waals surface area contributed by atoms with Gasteiger partial charge in [-0.2, -0.15) is 0 Å². The summed E-state index contributed by atoms with van der Waals surface area (Å²) in [6, 6.07) is 2.61. The van der Waals surface area contributed by atoms with Crippen LogP contribution in [-0.2, 0) is 13.0 Å². The molecule has 2 aromatic rings. The lowest BCUT2D eigenvalue weighted by atomic mass is 9.99. The van der Waals surface area contributed by atoms with Crippen molar-refractivity contribution in [2.45, 2.75) is 25.9 Å². The maximum absolute atomic E-state index is 5.20. The van der Waals surface area contributed by atoms with Crippen molar-refractivity contribution >= 4 is 10.9 Å². The number of aromatic nitrogens is 2. The van der Waals surface area contributed by atoms with Crippen LogP contribution >= 0.6 is 0 Å². The molecule has 0 spiro atoms. The maximum Gasteiger partial charge on any atom is 0.213 e. The quantitative estimate of drug-likeness (QED) is 0.815. The monoisotopic (exact) mass is 231 g/mol. The van der Waals surface area contributed by atoms with Crippen molar-refractivity contribution in [1.82, 2.24) is 14.9 Å². The number of hydrogen-bond acceptors (Lipinski definition) is 3. The van der Waals surface area contributed by atoms with Crippen LogP contribution < -0.4 is 4.74 Å². The highest BCUT2D eigenvalue weighted by Gasteiger charge is 2.23. The molecule has 0 saturated carbocycles. The molecule has 2 aromatic heterocycles. The van der Waals surface area contributed by atoms with Gasteiger partial charge in [0.25, 0.3) is 0 Å². The molecule has 0 fully saturated rings. The molecule has 17 heavy (non-hydrogen) atoms. The van der Waals surface area contributed by atoms with Crippen molar-refractivity contribution in [2.75, 3.05) is 14.2 Å². The summed E-state index contributed by atoms with van der Waals surface area (Å²) >= 11 is 0. The predicted molar refractivity (Wildman–Crippen MR) is 67.3 cm³/mol. The lowest BCUT2D eigenvalue weighted by Gasteiger charge is -2.29. The molecule has 1 aliphatic rings. The molecule has 0 radical (unpaired) electrons. The number of likely N-dealkylation sites (N-methyl/N-ethyl adjacent to an activating group) is 1. The minimum Gasteiger partial charge on any atom is -0.481 e. The Balaban J connectivity index is 2.17. The van der Waals surface area contributed by atoms with Crippen LogP contribution in [0.25, 0.3) is 10.9 Å². The third kappa shape index (κ3) is 1.60. The van der Waals surface area contributed by atoms with Crippen molar-refractivity contribution in [3.05, 3.63) is 23.5 Å². The van der Waals surface area contributed by atoms with Gasteiger partial charge in [0.2, 0.25) is 5.88 Å². The summed E-state index contributed by atoms with van der Waals surface area (Å²) in [5.74, 6) is 0.686. The topological polar surface area (TPSA) is 41.1 Å². The first-order valence-corrected chi connectivity index (χ1v) is 5.92. The van der Waals surface area contributed by atoms with Gasteiger partial charge in [-0.15, -0.1) is 0 Å². The van der Waals surface area contributed by atoms with Gasteiger partial charge < -0.3 is 9.72 Å². The van der Waals surface area contributed by atoms with Crippen molar-refractivity contribution < 1.29 is 4.74 Å². The molecule has 0 saturated heterocycles. The smallest absolute Gasteiger partial charge is 0.213 e. The average Bonchev–Trinajstić information content (AvgIpc) is 2.67. The first kappa shape index (κ1) is 10.6. The zero-order valence-electron chi connectivity index (χ0n) is 10.4. The van der Waals surface area contributed by atoms with Crippen LogP contribution in [-0.4, -0.2) is 35.1 Å². The standard InChI is InChI=1S/C13H17N3O/c1-8-4-9-10-5-13(17-3)14-6-11(10)15-12(9)7-16(8)2/h5-6,8,15H,4,7H2,1-3H3/t8-/m0/s1. The second kappa shape index (κ2) is 3.74. The normalized spacial score (nSPS) is 20.5. The molecule has 0 aliphatic carbocycles. The first-order valence-electron chi connectivity index (χ1n) is 5.92. The molecule has 0 aromatic carbocycles. The number of nitrogens with zero attached hydrogens (tertiary/aromatic N) is 2. The highest BCUT2D eigenvalue weighted by molar-refractivity contribution is 5.85. The Bertz CT molecular complexity index is 561. The number of pyridine rings is 1. The highest BCUT2D eigenvalue weighted by atomic mass is 16.5. The Morgan fingerprint density at radius 1 is 1.53 bits per heavy atom. The molecule has 0 bridgehead atoms. The van der Waals surface area contributed by atoms with Gasteiger partial charge >= 0.3 is 0 Å². The van der Waals surface area contributed by atoms with Crippen molar-refractivity contribution in [1.29, 1.82) is 0 Å². The van der Waals surface area contributed by atoms with E-state index in [0.29, 0.717) is 11.9 Å². The van der Waals surface area contributed by atoms with Gasteiger partial charge in [0, 0.05) is 29.7 Å². The lowest BCUT2D eigenvalue weighted by molar-refractivity contribution is 0.229. The number of methoxy groups -OCH3 is 1. The summed E-state index contributed by atoms with van der Waals surface area (Å²) in [5, 5.41) is 1.26. The van der Waals surface area contributed by atoms with Crippen LogP contribution in [0, 0.1) is 0 Å². The number of aromatic amines is 1. The SMILES string of the molecule is COc1cc2c3c([nH]c2cn1)CN(C)[C@@H](C)C3. The van der Waals surface area contributed by atoms with E-state index < -0.39 is 0 Å². The van der Waals surface area contributed by atoms with E-state index in [2.05, 4.69) is 28.8 Å². The van der Waals surface area contributed by atoms with Gasteiger partial charge in [-0.1, -0.05) is 0 Å². The summed E-state index contributed by atoms with van der Waals surface area (Å²) in [5.41, 5.74) is 3.85. The molecule has 0 unspecified atom stereocenters. The molecule has 4 heteroatoms. The zero-order chi connectivity index (χ0) is 12.0. The van der Waals surface area contributed by atoms with E-state index in [1.807, 2.05) is 12.3 Å². The summed E-state index contributed by atoms with van der Waals surface area (Å²) < 4.78 is 5.20. The third-order valence-electron chi connectivity index (χ3n) is 3.72. The second-order valence-electron chi connectivity index (χ2n) is 4.82. The Labute approximate surface area is 101 Å². The number of ether oxygens (including phenoxy) is 1. The number of fused-ring (bicyclic) bond motifs is 3. The molecule has 90 valence electrons. The van der Waals surface area contributed by atoms with E-state index in [9.17, 15) is 0 Å². The van der Waals surface area contributed by atoms with Gasteiger partial charge in [-0.3, -0.25) is 4.90 Å². The molecule has 3 heterocycles. The first-order chi connectivity index (χ1) is 8.19. The molecule has 1 atom stereocenters. The molecule has 1 N–H and O–H groups in total. The number of hydrogen-bond donors (Lipinski definition) is 1. The van der Waals surface area contributed by atoms with Crippen LogP contribution in [0.1, 0.15) is 18.2 Å². The summed E-state index contributed by atoms with van der Waals surface area (Å²) in [4.78, 5) is 10.1. The molecular formula is C13H17N3O. The van der Waals surface area contributed by atoms with Gasteiger partial charge in [-0.05, 0) is 26.0 Å². The number of H-pyrrole nitrogens is 1. The second-order valence-corrected chi connectivity index (χ2v) is 4.82. The van der Waals surface area contributed by atoms with Crippen molar-refractivity contribution in [3.63, 3.8) is 0 Å². The van der Waals surface area contributed by atoms with E-state index in [0.717, 1.165) is 18.5 Å². The van der Waals surface area contributed by atoms with Gasteiger partial charge in [-0.25, -0.2) is 4.98 Å². The van der Waals surface area contributed by atoms with Crippen LogP contribution in [0.3, 0.4) is 0 Å². The number of rotatable bonds is 1. The Morgan fingerprint density at radius 2 is 2.35 bits per heavy atom. The van der Waals surface area contributed by atoms with E-state index in [1.54, 1.807) is 7.11 Å². The van der Waals surface area contributed by atoms with Gasteiger partial charge in [0.05, 0.1) is 18.8 Å². The van der Waals surface area contributed by atoms with Crippen LogP contribution in [0.2, 0.25) is 0 Å². The van der Waals surface area contributed by atoms with Crippen LogP contribution in [0.5, 0.6) is 5.88 Å². The number of nitrogens with one attached hydrogen (secondary N) is 1. The highest BCUT2D eigenvalue weighted by Crippen LogP contribution is 2.30. The fourth-order valence-electron chi connectivity index (χ4n) is 2.52. The van der Waals surface area contributed by atoms with Gasteiger partial charge in [0.15, 0.2) is 0 Å². The predicted octanol–water partition coefficient (Wildman–Crippen LogP) is 1.95. The zero-order valence-corrected chi connectivity index (χ0v) is 10.4. The summed E-state index contributed by atoms with van der Waals surface area (Å²) in [6.45, 7) is 3.24. The fourth-order valence-corrected chi connectivity index (χ4v) is 2.52. The molecule has 4 nitrogen and oxygen atoms in total. The van der Waals surface area contributed by atoms with E-state index >= 15 is 0 Å².